The number of carbonyl (C=O) groups is 1. The first kappa shape index (κ1) is 19.8. The molecular formula is C25H27N3O3. The maximum atomic E-state index is 11.4. The van der Waals surface area contributed by atoms with Crippen molar-refractivity contribution in [3.8, 4) is 17.1 Å². The summed E-state index contributed by atoms with van der Waals surface area (Å²) in [5.74, 6) is 1.31. The van der Waals surface area contributed by atoms with Gasteiger partial charge in [0, 0.05) is 34.8 Å². The molecule has 5 rings (SSSR count). The second-order valence-corrected chi connectivity index (χ2v) is 9.14. The first-order valence-corrected chi connectivity index (χ1v) is 10.7. The van der Waals surface area contributed by atoms with Crippen LogP contribution in [0, 0.1) is 12.8 Å². The van der Waals surface area contributed by atoms with E-state index in [1.807, 2.05) is 26.8 Å². The first-order chi connectivity index (χ1) is 14.8. The van der Waals surface area contributed by atoms with Gasteiger partial charge in [-0.25, -0.2) is 4.52 Å². The number of hydrogen-bond acceptors (Lipinski definition) is 4. The second kappa shape index (κ2) is 6.95. The third-order valence-corrected chi connectivity index (χ3v) is 6.30. The van der Waals surface area contributed by atoms with E-state index in [2.05, 4.69) is 22.8 Å². The predicted molar refractivity (Wildman–Crippen MR) is 121 cm³/mol. The van der Waals surface area contributed by atoms with Crippen LogP contribution in [0.2, 0.25) is 0 Å². The fraction of sp³-hybridized carbons (Fsp3) is 0.360. The molecule has 3 aromatic heterocycles. The van der Waals surface area contributed by atoms with E-state index in [0.717, 1.165) is 51.8 Å². The minimum atomic E-state index is -0.902. The van der Waals surface area contributed by atoms with Gasteiger partial charge in [-0.3, -0.25) is 4.79 Å². The van der Waals surface area contributed by atoms with Gasteiger partial charge in [-0.2, -0.15) is 5.10 Å². The molecule has 6 nitrogen and oxygen atoms in total. The van der Waals surface area contributed by atoms with Crippen LogP contribution in [-0.2, 0) is 12.1 Å². The van der Waals surface area contributed by atoms with Crippen LogP contribution >= 0.6 is 0 Å². The van der Waals surface area contributed by atoms with E-state index >= 15 is 0 Å². The van der Waals surface area contributed by atoms with Gasteiger partial charge in [0.2, 0.25) is 0 Å². The Kier molecular flexibility index (Phi) is 4.45. The number of aldehydes is 1. The molecule has 0 radical (unpaired) electrons. The van der Waals surface area contributed by atoms with E-state index < -0.39 is 5.60 Å². The number of pyridine rings is 1. The zero-order chi connectivity index (χ0) is 21.9. The maximum Gasteiger partial charge on any atom is 0.151 e. The molecule has 0 bridgehead atoms. The average molecular weight is 418 g/mol. The van der Waals surface area contributed by atoms with Crippen LogP contribution in [0.25, 0.3) is 27.8 Å². The summed E-state index contributed by atoms with van der Waals surface area (Å²) in [6.45, 7) is 6.60. The van der Waals surface area contributed by atoms with E-state index in [-0.39, 0.29) is 0 Å². The minimum absolute atomic E-state index is 0.520. The first-order valence-electron chi connectivity index (χ1n) is 10.7. The Hall–Kier alpha value is -3.12. The lowest BCUT2D eigenvalue weighted by Gasteiger charge is -2.18. The van der Waals surface area contributed by atoms with Gasteiger partial charge < -0.3 is 14.4 Å². The van der Waals surface area contributed by atoms with E-state index in [1.54, 1.807) is 23.9 Å². The molecule has 1 N–H and O–H groups in total. The number of hydrogen-bond donors (Lipinski definition) is 1. The predicted octanol–water partition coefficient (Wildman–Crippen LogP) is 4.72. The lowest BCUT2D eigenvalue weighted by molar-refractivity contribution is 0.0787. The number of fused-ring (bicyclic) bond motifs is 2. The van der Waals surface area contributed by atoms with E-state index in [1.165, 1.54) is 12.8 Å². The summed E-state index contributed by atoms with van der Waals surface area (Å²) in [6.07, 6.45) is 5.03. The molecule has 4 aromatic rings. The molecule has 0 spiro atoms. The Bertz CT molecular complexity index is 1320. The smallest absolute Gasteiger partial charge is 0.151 e. The highest BCUT2D eigenvalue weighted by molar-refractivity contribution is 5.89. The molecule has 1 saturated carbocycles. The highest BCUT2D eigenvalue weighted by atomic mass is 16.5. The van der Waals surface area contributed by atoms with Gasteiger partial charge in [-0.15, -0.1) is 0 Å². The molecule has 160 valence electrons. The minimum Gasteiger partial charge on any atom is -0.494 e. The molecule has 0 aliphatic heterocycles. The van der Waals surface area contributed by atoms with Crippen LogP contribution in [-0.4, -0.2) is 32.7 Å². The number of carbonyl (C=O) groups excluding carboxylic acids is 1. The lowest BCUT2D eigenvalue weighted by atomic mass is 9.97. The van der Waals surface area contributed by atoms with Crippen molar-refractivity contribution in [2.24, 2.45) is 5.92 Å². The number of rotatable bonds is 6. The summed E-state index contributed by atoms with van der Waals surface area (Å²) in [5.41, 5.74) is 5.42. The Morgan fingerprint density at radius 3 is 2.68 bits per heavy atom. The fourth-order valence-corrected chi connectivity index (χ4v) is 4.36. The lowest BCUT2D eigenvalue weighted by Crippen LogP contribution is -2.15. The summed E-state index contributed by atoms with van der Waals surface area (Å²) in [4.78, 5) is 11.4. The third kappa shape index (κ3) is 3.31. The van der Waals surface area contributed by atoms with E-state index in [0.29, 0.717) is 17.2 Å². The van der Waals surface area contributed by atoms with Gasteiger partial charge in [0.1, 0.15) is 17.0 Å². The van der Waals surface area contributed by atoms with E-state index in [9.17, 15) is 9.90 Å². The van der Waals surface area contributed by atoms with E-state index in [4.69, 9.17) is 9.84 Å². The molecule has 1 fully saturated rings. The highest BCUT2D eigenvalue weighted by Gasteiger charge is 2.27. The number of benzene rings is 1. The Labute approximate surface area is 181 Å². The molecule has 6 heteroatoms. The number of nitrogens with zero attached hydrogens (tertiary/aromatic N) is 3. The van der Waals surface area contributed by atoms with Gasteiger partial charge in [0.25, 0.3) is 0 Å². The quantitative estimate of drug-likeness (QED) is 0.461. The average Bonchev–Trinajstić information content (AvgIpc) is 3.41. The van der Waals surface area contributed by atoms with Crippen molar-refractivity contribution < 1.29 is 14.6 Å². The Balaban J connectivity index is 1.77. The Morgan fingerprint density at radius 2 is 2.03 bits per heavy atom. The van der Waals surface area contributed by atoms with Crippen molar-refractivity contribution in [2.75, 3.05) is 7.11 Å². The molecule has 0 atom stereocenters. The zero-order valence-corrected chi connectivity index (χ0v) is 18.3. The summed E-state index contributed by atoms with van der Waals surface area (Å²) in [6, 6.07) is 10.1. The molecule has 0 amide bonds. The molecule has 1 aromatic carbocycles. The van der Waals surface area contributed by atoms with Crippen molar-refractivity contribution in [2.45, 2.75) is 45.8 Å². The van der Waals surface area contributed by atoms with Crippen LogP contribution in [0.5, 0.6) is 5.75 Å². The fourth-order valence-electron chi connectivity index (χ4n) is 4.36. The zero-order valence-electron chi connectivity index (χ0n) is 18.3. The monoisotopic (exact) mass is 417 g/mol. The van der Waals surface area contributed by atoms with Gasteiger partial charge in [-0.05, 0) is 63.3 Å². The van der Waals surface area contributed by atoms with Crippen molar-refractivity contribution >= 4 is 22.7 Å². The van der Waals surface area contributed by atoms with Gasteiger partial charge in [0.05, 0.1) is 18.4 Å². The van der Waals surface area contributed by atoms with Gasteiger partial charge in [0.15, 0.2) is 6.29 Å². The largest absolute Gasteiger partial charge is 0.494 e. The van der Waals surface area contributed by atoms with Crippen LogP contribution in [0.3, 0.4) is 0 Å². The number of methoxy groups -OCH3 is 1. The van der Waals surface area contributed by atoms with Crippen molar-refractivity contribution in [1.82, 2.24) is 14.2 Å². The van der Waals surface area contributed by atoms with Crippen molar-refractivity contribution in [3.05, 3.63) is 53.2 Å². The Morgan fingerprint density at radius 1 is 1.26 bits per heavy atom. The summed E-state index contributed by atoms with van der Waals surface area (Å²) < 4.78 is 9.64. The summed E-state index contributed by atoms with van der Waals surface area (Å²) >= 11 is 0. The molecule has 3 heterocycles. The number of aliphatic hydroxyl groups is 1. The maximum absolute atomic E-state index is 11.4. The van der Waals surface area contributed by atoms with Crippen LogP contribution in [0.15, 0.2) is 36.5 Å². The van der Waals surface area contributed by atoms with Crippen LogP contribution < -0.4 is 4.74 Å². The normalized spacial score (nSPS) is 14.5. The molecule has 1 aliphatic rings. The second-order valence-electron chi connectivity index (χ2n) is 9.14. The van der Waals surface area contributed by atoms with Crippen molar-refractivity contribution in [3.63, 3.8) is 0 Å². The molecule has 31 heavy (non-hydrogen) atoms. The number of aromatic nitrogens is 3. The molecule has 0 unspecified atom stereocenters. The standard InChI is InChI=1S/C25H27N3O3/c1-15-23(26-28-13-17(14-29)9-22(31-4)24(15)28)21-10-18-7-8-19(25(2,3)30)11-20(18)27(21)12-16-5-6-16/h7-11,13-14,16,30H,5-6,12H2,1-4H3. The topological polar surface area (TPSA) is 68.8 Å². The van der Waals surface area contributed by atoms with Gasteiger partial charge in [-0.1, -0.05) is 12.1 Å². The number of ether oxygens (including phenoxy) is 1. The van der Waals surface area contributed by atoms with Crippen LogP contribution in [0.1, 0.15) is 48.2 Å². The summed E-state index contributed by atoms with van der Waals surface area (Å²) in [7, 11) is 1.61. The molecule has 1 aliphatic carbocycles. The van der Waals surface area contributed by atoms with Crippen molar-refractivity contribution in [1.29, 1.82) is 0 Å². The summed E-state index contributed by atoms with van der Waals surface area (Å²) in [5, 5.41) is 16.5. The molecular weight excluding hydrogens is 390 g/mol. The SMILES string of the molecule is COc1cc(C=O)cn2nc(-c3cc4ccc(C(C)(C)O)cc4n3CC3CC3)c(C)c12. The number of aryl methyl sites for hydroxylation is 1. The van der Waals surface area contributed by atoms with Crippen LogP contribution in [0.4, 0.5) is 0 Å². The highest BCUT2D eigenvalue weighted by Crippen LogP contribution is 2.39. The molecule has 0 saturated heterocycles. The third-order valence-electron chi connectivity index (χ3n) is 6.30. The van der Waals surface area contributed by atoms with Gasteiger partial charge >= 0.3 is 0 Å².